The van der Waals surface area contributed by atoms with Gasteiger partial charge in [0.15, 0.2) is 0 Å². The highest BCUT2D eigenvalue weighted by molar-refractivity contribution is 6.04. The minimum atomic E-state index is -0.980. The maximum Gasteiger partial charge on any atom is 0.335 e. The molecule has 0 aliphatic carbocycles. The lowest BCUT2D eigenvalue weighted by Gasteiger charge is -2.38. The fourth-order valence-corrected chi connectivity index (χ4v) is 2.25. The predicted octanol–water partition coefficient (Wildman–Crippen LogP) is 0.515. The third-order valence-corrected chi connectivity index (χ3v) is 3.32. The second-order valence-corrected chi connectivity index (χ2v) is 4.71. The normalized spacial score (nSPS) is 16.3. The van der Waals surface area contributed by atoms with E-state index < -0.39 is 5.97 Å². The van der Waals surface area contributed by atoms with E-state index in [0.717, 1.165) is 5.69 Å². The number of carboxylic acids is 1. The Morgan fingerprint density at radius 3 is 2.74 bits per heavy atom. The monoisotopic (exact) mass is 263 g/mol. The first-order valence-corrected chi connectivity index (χ1v) is 6.06. The van der Waals surface area contributed by atoms with Gasteiger partial charge in [0.05, 0.1) is 23.5 Å². The highest BCUT2D eigenvalue weighted by Gasteiger charge is 2.30. The van der Waals surface area contributed by atoms with E-state index in [4.69, 9.17) is 10.8 Å². The van der Waals surface area contributed by atoms with Crippen LogP contribution in [-0.2, 0) is 4.79 Å². The van der Waals surface area contributed by atoms with Crippen LogP contribution in [0.3, 0.4) is 0 Å². The van der Waals surface area contributed by atoms with Gasteiger partial charge in [-0.25, -0.2) is 4.79 Å². The topological polar surface area (TPSA) is 86.9 Å². The minimum absolute atomic E-state index is 0.0315. The van der Waals surface area contributed by atoms with Gasteiger partial charge in [0.25, 0.3) is 0 Å². The van der Waals surface area contributed by atoms with Gasteiger partial charge >= 0.3 is 5.97 Å². The maximum atomic E-state index is 12.1. The van der Waals surface area contributed by atoms with Crippen LogP contribution >= 0.6 is 0 Å². The number of nitrogens with zero attached hydrogens (tertiary/aromatic N) is 2. The molecule has 1 amide bonds. The molecule has 102 valence electrons. The zero-order chi connectivity index (χ0) is 14.2. The summed E-state index contributed by atoms with van der Waals surface area (Å²) in [6, 6.07) is 4.64. The summed E-state index contributed by atoms with van der Waals surface area (Å²) in [5.41, 5.74) is 7.29. The Labute approximate surface area is 111 Å². The van der Waals surface area contributed by atoms with Gasteiger partial charge in [-0.15, -0.1) is 0 Å². The smallest absolute Gasteiger partial charge is 0.335 e. The summed E-state index contributed by atoms with van der Waals surface area (Å²) >= 11 is 0. The molecular formula is C13H17N3O3. The van der Waals surface area contributed by atoms with Crippen molar-refractivity contribution in [2.24, 2.45) is 5.73 Å². The maximum absolute atomic E-state index is 12.1. The van der Waals surface area contributed by atoms with Crippen LogP contribution in [0, 0.1) is 0 Å². The van der Waals surface area contributed by atoms with Gasteiger partial charge in [-0.05, 0) is 25.1 Å². The summed E-state index contributed by atoms with van der Waals surface area (Å²) in [6.07, 6.45) is 0. The number of likely N-dealkylation sites (N-methyl/N-ethyl adjacent to an activating group) is 1. The Balaban J connectivity index is 2.52. The number of fused-ring (bicyclic) bond motifs is 1. The zero-order valence-corrected chi connectivity index (χ0v) is 11.0. The van der Waals surface area contributed by atoms with Gasteiger partial charge in [-0.2, -0.15) is 0 Å². The molecule has 0 saturated carbocycles. The number of carboxylic acid groups (broad SMARTS) is 1. The first-order valence-electron chi connectivity index (χ1n) is 6.06. The van der Waals surface area contributed by atoms with Gasteiger partial charge in [0.2, 0.25) is 5.91 Å². The summed E-state index contributed by atoms with van der Waals surface area (Å²) in [7, 11) is 1.77. The Morgan fingerprint density at radius 2 is 2.16 bits per heavy atom. The highest BCUT2D eigenvalue weighted by Crippen LogP contribution is 2.34. The van der Waals surface area contributed by atoms with Crippen LogP contribution < -0.4 is 15.5 Å². The molecule has 0 saturated heterocycles. The van der Waals surface area contributed by atoms with Crippen molar-refractivity contribution in [3.05, 3.63) is 23.8 Å². The van der Waals surface area contributed by atoms with Crippen LogP contribution in [0.5, 0.6) is 0 Å². The fourth-order valence-electron chi connectivity index (χ4n) is 2.25. The molecule has 1 aromatic carbocycles. The standard InChI is InChI=1S/C13H17N3O3/c1-8(6-14)16-10-4-3-9(13(18)19)5-11(10)15(2)7-12(16)17/h3-5,8H,6-7,14H2,1-2H3,(H,18,19). The van der Waals surface area contributed by atoms with Crippen molar-refractivity contribution in [1.29, 1.82) is 0 Å². The van der Waals surface area contributed by atoms with Gasteiger partial charge in [0.1, 0.15) is 0 Å². The van der Waals surface area contributed by atoms with E-state index in [1.807, 2.05) is 6.92 Å². The SMILES string of the molecule is CC(CN)N1C(=O)CN(C)c2cc(C(=O)O)ccc21. The van der Waals surface area contributed by atoms with Crippen LogP contribution in [0.15, 0.2) is 18.2 Å². The van der Waals surface area contributed by atoms with Crippen molar-refractivity contribution in [2.75, 3.05) is 29.9 Å². The van der Waals surface area contributed by atoms with Crippen molar-refractivity contribution in [3.8, 4) is 0 Å². The number of carbonyl (C=O) groups excluding carboxylic acids is 1. The zero-order valence-electron chi connectivity index (χ0n) is 11.0. The molecule has 1 aromatic rings. The molecule has 6 heteroatoms. The second kappa shape index (κ2) is 4.89. The molecule has 0 fully saturated rings. The average molecular weight is 263 g/mol. The van der Waals surface area contributed by atoms with E-state index in [2.05, 4.69) is 0 Å². The lowest BCUT2D eigenvalue weighted by atomic mass is 10.1. The molecule has 1 atom stereocenters. The molecule has 1 aliphatic heterocycles. The third-order valence-electron chi connectivity index (χ3n) is 3.32. The van der Waals surface area contributed by atoms with Crippen LogP contribution in [0.1, 0.15) is 17.3 Å². The van der Waals surface area contributed by atoms with E-state index >= 15 is 0 Å². The number of carbonyl (C=O) groups is 2. The molecule has 2 rings (SSSR count). The molecule has 0 radical (unpaired) electrons. The van der Waals surface area contributed by atoms with E-state index in [-0.39, 0.29) is 24.1 Å². The molecular weight excluding hydrogens is 246 g/mol. The van der Waals surface area contributed by atoms with Crippen LogP contribution in [0.25, 0.3) is 0 Å². The molecule has 19 heavy (non-hydrogen) atoms. The van der Waals surface area contributed by atoms with E-state index in [1.54, 1.807) is 29.0 Å². The molecule has 1 aliphatic rings. The Morgan fingerprint density at radius 1 is 1.47 bits per heavy atom. The van der Waals surface area contributed by atoms with Crippen LogP contribution in [0.4, 0.5) is 11.4 Å². The number of benzene rings is 1. The number of nitrogens with two attached hydrogens (primary N) is 1. The molecule has 1 heterocycles. The Hall–Kier alpha value is -2.08. The average Bonchev–Trinajstić information content (AvgIpc) is 2.37. The minimum Gasteiger partial charge on any atom is -0.478 e. The summed E-state index contributed by atoms with van der Waals surface area (Å²) in [5.74, 6) is -1.01. The van der Waals surface area contributed by atoms with Crippen molar-refractivity contribution >= 4 is 23.3 Å². The summed E-state index contributed by atoms with van der Waals surface area (Å²) in [4.78, 5) is 26.5. The largest absolute Gasteiger partial charge is 0.478 e. The number of hydrogen-bond donors (Lipinski definition) is 2. The van der Waals surface area contributed by atoms with Crippen molar-refractivity contribution in [1.82, 2.24) is 0 Å². The number of anilines is 2. The van der Waals surface area contributed by atoms with Gasteiger partial charge < -0.3 is 20.6 Å². The molecule has 3 N–H and O–H groups in total. The number of aromatic carboxylic acids is 1. The molecule has 6 nitrogen and oxygen atoms in total. The quantitative estimate of drug-likeness (QED) is 0.830. The van der Waals surface area contributed by atoms with Gasteiger partial charge in [0, 0.05) is 19.6 Å². The van der Waals surface area contributed by atoms with E-state index in [1.165, 1.54) is 6.07 Å². The Bertz CT molecular complexity index is 530. The van der Waals surface area contributed by atoms with Crippen molar-refractivity contribution in [3.63, 3.8) is 0 Å². The number of rotatable bonds is 3. The third kappa shape index (κ3) is 2.26. The summed E-state index contributed by atoms with van der Waals surface area (Å²) in [6.45, 7) is 2.45. The van der Waals surface area contributed by atoms with Gasteiger partial charge in [-0.3, -0.25) is 4.79 Å². The van der Waals surface area contributed by atoms with Gasteiger partial charge in [-0.1, -0.05) is 0 Å². The summed E-state index contributed by atoms with van der Waals surface area (Å²) in [5, 5.41) is 9.03. The van der Waals surface area contributed by atoms with E-state index in [9.17, 15) is 9.59 Å². The lowest BCUT2D eigenvalue weighted by molar-refractivity contribution is -0.117. The van der Waals surface area contributed by atoms with Crippen LogP contribution in [-0.4, -0.2) is 43.2 Å². The fraction of sp³-hybridized carbons (Fsp3) is 0.385. The van der Waals surface area contributed by atoms with Crippen LogP contribution in [0.2, 0.25) is 0 Å². The number of hydrogen-bond acceptors (Lipinski definition) is 4. The van der Waals surface area contributed by atoms with Crippen molar-refractivity contribution in [2.45, 2.75) is 13.0 Å². The lowest BCUT2D eigenvalue weighted by Crippen LogP contribution is -2.50. The van der Waals surface area contributed by atoms with Crippen molar-refractivity contribution < 1.29 is 14.7 Å². The molecule has 0 aromatic heterocycles. The number of amides is 1. The first kappa shape index (κ1) is 13.4. The Kier molecular flexibility index (Phi) is 3.44. The molecule has 0 bridgehead atoms. The first-order chi connectivity index (χ1) is 8.95. The molecule has 1 unspecified atom stereocenters. The predicted molar refractivity (Wildman–Crippen MR) is 72.7 cm³/mol. The summed E-state index contributed by atoms with van der Waals surface area (Å²) < 4.78 is 0. The van der Waals surface area contributed by atoms with E-state index in [0.29, 0.717) is 12.2 Å². The second-order valence-electron chi connectivity index (χ2n) is 4.71. The highest BCUT2D eigenvalue weighted by atomic mass is 16.4. The molecule has 0 spiro atoms.